The van der Waals surface area contributed by atoms with Crippen LogP contribution in [0.2, 0.25) is 0 Å². The number of pyridine rings is 1. The Kier molecular flexibility index (Phi) is 4.02. The van der Waals surface area contributed by atoms with Crippen molar-refractivity contribution in [2.75, 3.05) is 5.32 Å². The van der Waals surface area contributed by atoms with Crippen LogP contribution < -0.4 is 11.1 Å². The fourth-order valence-electron chi connectivity index (χ4n) is 2.45. The van der Waals surface area contributed by atoms with Gasteiger partial charge in [0.25, 0.3) is 0 Å². The first-order valence-corrected chi connectivity index (χ1v) is 7.83. The van der Waals surface area contributed by atoms with Crippen LogP contribution in [0.15, 0.2) is 56.5 Å². The van der Waals surface area contributed by atoms with Gasteiger partial charge in [-0.25, -0.2) is 4.79 Å². The smallest absolute Gasteiger partial charge is 0.408 e. The van der Waals surface area contributed by atoms with Gasteiger partial charge in [0.2, 0.25) is 17.6 Å². The molecule has 0 unspecified atom stereocenters. The van der Waals surface area contributed by atoms with Crippen molar-refractivity contribution >= 4 is 22.7 Å². The van der Waals surface area contributed by atoms with E-state index in [4.69, 9.17) is 8.94 Å². The quantitative estimate of drug-likeness (QED) is 0.564. The number of H-pyrrole nitrogens is 1. The van der Waals surface area contributed by atoms with E-state index in [1.165, 1.54) is 0 Å². The molecule has 0 saturated carbocycles. The van der Waals surface area contributed by atoms with Gasteiger partial charge in [0.1, 0.15) is 0 Å². The average Bonchev–Trinajstić information content (AvgIpc) is 3.26. The Hall–Kier alpha value is -3.75. The molecule has 3 heterocycles. The third-order valence-electron chi connectivity index (χ3n) is 3.68. The highest BCUT2D eigenvalue weighted by Crippen LogP contribution is 2.17. The molecule has 1 amide bonds. The Bertz CT molecular complexity index is 1110. The number of oxazole rings is 1. The second kappa shape index (κ2) is 6.63. The zero-order valence-electron chi connectivity index (χ0n) is 13.4. The number of anilines is 1. The van der Waals surface area contributed by atoms with E-state index in [1.807, 2.05) is 0 Å². The van der Waals surface area contributed by atoms with Gasteiger partial charge >= 0.3 is 5.76 Å². The van der Waals surface area contributed by atoms with Gasteiger partial charge in [-0.1, -0.05) is 5.16 Å². The largest absolute Gasteiger partial charge is 0.417 e. The SMILES string of the molecule is O=C(CCc1nc(-c2ccncc2)no1)Nc1ccc2oc(=O)[nH]c2c1. The number of amides is 1. The van der Waals surface area contributed by atoms with Crippen LogP contribution in [0.25, 0.3) is 22.5 Å². The topological polar surface area (TPSA) is 127 Å². The maximum absolute atomic E-state index is 12.1. The highest BCUT2D eigenvalue weighted by molar-refractivity contribution is 5.92. The number of hydrogen-bond donors (Lipinski definition) is 2. The lowest BCUT2D eigenvalue weighted by Gasteiger charge is -2.03. The van der Waals surface area contributed by atoms with Crippen LogP contribution >= 0.6 is 0 Å². The third kappa shape index (κ3) is 3.36. The molecule has 0 aliphatic carbocycles. The molecule has 0 radical (unpaired) electrons. The zero-order valence-corrected chi connectivity index (χ0v) is 13.4. The van der Waals surface area contributed by atoms with Gasteiger partial charge in [0.05, 0.1) is 5.52 Å². The van der Waals surface area contributed by atoms with Crippen LogP contribution in [0, 0.1) is 0 Å². The molecule has 1 aromatic carbocycles. The molecule has 3 aromatic heterocycles. The standard InChI is InChI=1S/C17H13N5O4/c23-14(19-11-1-2-13-12(9-11)20-17(24)25-13)3-4-15-21-16(22-26-15)10-5-7-18-8-6-10/h1-2,5-9H,3-4H2,(H,19,23)(H,20,24). The Balaban J connectivity index is 1.37. The molecule has 26 heavy (non-hydrogen) atoms. The van der Waals surface area contributed by atoms with Gasteiger partial charge in [-0.3, -0.25) is 14.8 Å². The van der Waals surface area contributed by atoms with Crippen LogP contribution in [0.4, 0.5) is 5.69 Å². The van der Waals surface area contributed by atoms with Crippen molar-refractivity contribution in [1.29, 1.82) is 0 Å². The molecular formula is C17H13N5O4. The number of carbonyl (C=O) groups is 1. The molecule has 0 saturated heterocycles. The number of rotatable bonds is 5. The first-order chi connectivity index (χ1) is 12.7. The normalized spacial score (nSPS) is 10.9. The summed E-state index contributed by atoms with van der Waals surface area (Å²) in [6, 6.07) is 8.45. The molecule has 4 aromatic rings. The lowest BCUT2D eigenvalue weighted by atomic mass is 10.2. The second-order valence-corrected chi connectivity index (χ2v) is 5.52. The van der Waals surface area contributed by atoms with E-state index in [-0.39, 0.29) is 12.3 Å². The summed E-state index contributed by atoms with van der Waals surface area (Å²) in [5, 5.41) is 6.65. The van der Waals surface area contributed by atoms with Gasteiger partial charge in [0, 0.05) is 36.5 Å². The summed E-state index contributed by atoms with van der Waals surface area (Å²) in [5.74, 6) is 0.0856. The lowest BCUT2D eigenvalue weighted by Crippen LogP contribution is -2.12. The minimum atomic E-state index is -0.537. The number of carbonyl (C=O) groups excluding carboxylic acids is 1. The van der Waals surface area contributed by atoms with Crippen molar-refractivity contribution in [1.82, 2.24) is 20.1 Å². The van der Waals surface area contributed by atoms with Crippen LogP contribution in [0.3, 0.4) is 0 Å². The van der Waals surface area contributed by atoms with Crippen molar-refractivity contribution in [2.45, 2.75) is 12.8 Å². The van der Waals surface area contributed by atoms with Crippen molar-refractivity contribution < 1.29 is 13.7 Å². The molecule has 0 aliphatic heterocycles. The molecule has 9 heteroatoms. The van der Waals surface area contributed by atoms with E-state index in [2.05, 4.69) is 25.4 Å². The van der Waals surface area contributed by atoms with Crippen LogP contribution in [-0.4, -0.2) is 26.0 Å². The lowest BCUT2D eigenvalue weighted by molar-refractivity contribution is -0.116. The summed E-state index contributed by atoms with van der Waals surface area (Å²) < 4.78 is 10.1. The van der Waals surface area contributed by atoms with Crippen LogP contribution in [0.1, 0.15) is 12.3 Å². The molecule has 0 bridgehead atoms. The molecule has 0 atom stereocenters. The fourth-order valence-corrected chi connectivity index (χ4v) is 2.45. The number of nitrogens with one attached hydrogen (secondary N) is 2. The predicted molar refractivity (Wildman–Crippen MR) is 91.3 cm³/mol. The molecule has 130 valence electrons. The number of aryl methyl sites for hydroxylation is 1. The van der Waals surface area contributed by atoms with E-state index in [0.29, 0.717) is 34.9 Å². The average molecular weight is 351 g/mol. The Morgan fingerprint density at radius 3 is 2.88 bits per heavy atom. The van der Waals surface area contributed by atoms with Gasteiger partial charge in [-0.2, -0.15) is 4.98 Å². The molecule has 0 aliphatic rings. The summed E-state index contributed by atoms with van der Waals surface area (Å²) in [6.45, 7) is 0. The van der Waals surface area contributed by atoms with Crippen molar-refractivity contribution in [3.8, 4) is 11.4 Å². The van der Waals surface area contributed by atoms with E-state index in [9.17, 15) is 9.59 Å². The Morgan fingerprint density at radius 1 is 1.19 bits per heavy atom. The Morgan fingerprint density at radius 2 is 2.04 bits per heavy atom. The number of fused-ring (bicyclic) bond motifs is 1. The summed E-state index contributed by atoms with van der Waals surface area (Å²) in [5.41, 5.74) is 2.30. The van der Waals surface area contributed by atoms with Gasteiger partial charge < -0.3 is 14.3 Å². The summed E-state index contributed by atoms with van der Waals surface area (Å²) in [7, 11) is 0. The summed E-state index contributed by atoms with van der Waals surface area (Å²) in [4.78, 5) is 34.0. The maximum Gasteiger partial charge on any atom is 0.417 e. The molecular weight excluding hydrogens is 338 g/mol. The van der Waals surface area contributed by atoms with Crippen molar-refractivity contribution in [3.05, 3.63) is 59.2 Å². The van der Waals surface area contributed by atoms with E-state index in [1.54, 1.807) is 42.7 Å². The number of aromatic amines is 1. The maximum atomic E-state index is 12.1. The first kappa shape index (κ1) is 15.8. The zero-order chi connectivity index (χ0) is 17.9. The first-order valence-electron chi connectivity index (χ1n) is 7.83. The summed E-state index contributed by atoms with van der Waals surface area (Å²) >= 11 is 0. The van der Waals surface area contributed by atoms with Gasteiger partial charge in [-0.15, -0.1) is 0 Å². The number of benzene rings is 1. The fraction of sp³-hybridized carbons (Fsp3) is 0.118. The van der Waals surface area contributed by atoms with Crippen LogP contribution in [-0.2, 0) is 11.2 Å². The van der Waals surface area contributed by atoms with Crippen LogP contribution in [0.5, 0.6) is 0 Å². The minimum absolute atomic E-state index is 0.178. The monoisotopic (exact) mass is 351 g/mol. The van der Waals surface area contributed by atoms with E-state index < -0.39 is 5.76 Å². The highest BCUT2D eigenvalue weighted by atomic mass is 16.5. The number of hydrogen-bond acceptors (Lipinski definition) is 7. The van der Waals surface area contributed by atoms with E-state index in [0.717, 1.165) is 5.56 Å². The number of nitrogens with zero attached hydrogens (tertiary/aromatic N) is 3. The molecule has 4 rings (SSSR count). The summed E-state index contributed by atoms with van der Waals surface area (Å²) in [6.07, 6.45) is 3.78. The highest BCUT2D eigenvalue weighted by Gasteiger charge is 2.11. The minimum Gasteiger partial charge on any atom is -0.408 e. The van der Waals surface area contributed by atoms with Crippen molar-refractivity contribution in [2.24, 2.45) is 0 Å². The molecule has 9 nitrogen and oxygen atoms in total. The molecule has 0 fully saturated rings. The predicted octanol–water partition coefficient (Wildman–Crippen LogP) is 2.14. The second-order valence-electron chi connectivity index (χ2n) is 5.52. The van der Waals surface area contributed by atoms with E-state index >= 15 is 0 Å². The molecule has 2 N–H and O–H groups in total. The number of aromatic nitrogens is 4. The molecule has 0 spiro atoms. The van der Waals surface area contributed by atoms with Crippen molar-refractivity contribution in [3.63, 3.8) is 0 Å². The van der Waals surface area contributed by atoms with Gasteiger partial charge in [-0.05, 0) is 30.3 Å². The van der Waals surface area contributed by atoms with Gasteiger partial charge in [0.15, 0.2) is 5.58 Å². The Labute approximate surface area is 146 Å². The third-order valence-corrected chi connectivity index (χ3v) is 3.68.